The molecule has 2 aliphatic rings. The molecule has 2 atom stereocenters. The molecule has 7 heteroatoms. The smallest absolute Gasteiger partial charge is 0.336 e. The molecule has 2 heterocycles. The Balaban J connectivity index is 1.87. The maximum atomic E-state index is 13.2. The first-order valence-electron chi connectivity index (χ1n) is 10.4. The molecule has 3 aromatic rings. The van der Waals surface area contributed by atoms with Gasteiger partial charge in [0.2, 0.25) is 0 Å². The van der Waals surface area contributed by atoms with E-state index in [1.54, 1.807) is 12.1 Å². The van der Waals surface area contributed by atoms with Crippen LogP contribution in [0.3, 0.4) is 0 Å². The molecule has 2 aliphatic heterocycles. The van der Waals surface area contributed by atoms with E-state index < -0.39 is 24.0 Å². The van der Waals surface area contributed by atoms with Gasteiger partial charge in [-0.15, -0.1) is 0 Å². The van der Waals surface area contributed by atoms with Crippen LogP contribution < -0.4 is 9.64 Å². The predicted octanol–water partition coefficient (Wildman–Crippen LogP) is 5.39. The summed E-state index contributed by atoms with van der Waals surface area (Å²) in [4.78, 5) is 28.4. The Morgan fingerprint density at radius 1 is 0.788 bits per heavy atom. The fourth-order valence-corrected chi connectivity index (χ4v) is 4.74. The van der Waals surface area contributed by atoms with Gasteiger partial charge in [0.05, 0.1) is 43.1 Å². The third-order valence-electron chi connectivity index (χ3n) is 5.97. The molecule has 0 radical (unpaired) electrons. The van der Waals surface area contributed by atoms with E-state index in [4.69, 9.17) is 25.8 Å². The average Bonchev–Trinajstić information content (AvgIpc) is 3.12. The Kier molecular flexibility index (Phi) is 5.30. The zero-order chi connectivity index (χ0) is 23.1. The molecule has 6 nitrogen and oxygen atoms in total. The highest BCUT2D eigenvalue weighted by Crippen LogP contribution is 2.56. The standard InChI is InChI=1S/C26H20ClNO5/c1-31-25(29)21-22(26(30)32-2)24-17-7-3-5-9-19(17)33-20-10-6-4-8-18(20)28(24)23(21)15-11-13-16(27)14-12-15/h3-14,23-24H,1-2H3/t23-,24+/m1/s1. The third kappa shape index (κ3) is 3.34. The largest absolute Gasteiger partial charge is 0.466 e. The van der Waals surface area contributed by atoms with Crippen LogP contribution in [0.25, 0.3) is 0 Å². The highest BCUT2D eigenvalue weighted by Gasteiger charge is 2.50. The Bertz CT molecular complexity index is 1280. The van der Waals surface area contributed by atoms with Gasteiger partial charge in [-0.05, 0) is 35.9 Å². The van der Waals surface area contributed by atoms with Crippen LogP contribution >= 0.6 is 11.6 Å². The number of carbonyl (C=O) groups is 2. The van der Waals surface area contributed by atoms with Crippen molar-refractivity contribution in [1.29, 1.82) is 0 Å². The first-order chi connectivity index (χ1) is 16.0. The van der Waals surface area contributed by atoms with E-state index in [0.717, 1.165) is 16.8 Å². The SMILES string of the molecule is COC(=O)C1=C(C(=O)OC)[C@@H](c2ccc(Cl)cc2)N2c3ccccc3Oc3ccccc3[C@@H]12. The van der Waals surface area contributed by atoms with E-state index in [2.05, 4.69) is 0 Å². The van der Waals surface area contributed by atoms with E-state index in [1.807, 2.05) is 65.6 Å². The number of fused-ring (bicyclic) bond motifs is 5. The molecule has 166 valence electrons. The minimum absolute atomic E-state index is 0.219. The fraction of sp³-hybridized carbons (Fsp3) is 0.154. The lowest BCUT2D eigenvalue weighted by Crippen LogP contribution is -2.30. The molecule has 0 bridgehead atoms. The molecule has 0 saturated heterocycles. The van der Waals surface area contributed by atoms with E-state index >= 15 is 0 Å². The summed E-state index contributed by atoms with van der Waals surface area (Å²) in [5.74, 6) is 0.0110. The van der Waals surface area contributed by atoms with Gasteiger partial charge in [-0.3, -0.25) is 0 Å². The van der Waals surface area contributed by atoms with Gasteiger partial charge in [-0.2, -0.15) is 0 Å². The van der Waals surface area contributed by atoms with Crippen molar-refractivity contribution in [3.05, 3.63) is 100 Å². The lowest BCUT2D eigenvalue weighted by Gasteiger charge is -2.33. The van der Waals surface area contributed by atoms with Crippen LogP contribution in [-0.4, -0.2) is 26.2 Å². The number of para-hydroxylation sites is 3. The highest BCUT2D eigenvalue weighted by molar-refractivity contribution is 6.30. The van der Waals surface area contributed by atoms with Crippen molar-refractivity contribution in [2.75, 3.05) is 19.1 Å². The highest BCUT2D eigenvalue weighted by atomic mass is 35.5. The summed E-state index contributed by atoms with van der Waals surface area (Å²) in [6.07, 6.45) is 0. The van der Waals surface area contributed by atoms with E-state index in [0.29, 0.717) is 16.5 Å². The summed E-state index contributed by atoms with van der Waals surface area (Å²) in [5.41, 5.74) is 2.70. The summed E-state index contributed by atoms with van der Waals surface area (Å²) >= 11 is 6.15. The number of halogens is 1. The topological polar surface area (TPSA) is 65.1 Å². The van der Waals surface area contributed by atoms with Crippen LogP contribution in [0.5, 0.6) is 11.5 Å². The van der Waals surface area contributed by atoms with Crippen molar-refractivity contribution in [2.45, 2.75) is 12.1 Å². The zero-order valence-electron chi connectivity index (χ0n) is 17.9. The number of nitrogens with zero attached hydrogens (tertiary/aromatic N) is 1. The number of carbonyl (C=O) groups excluding carboxylic acids is 2. The third-order valence-corrected chi connectivity index (χ3v) is 6.22. The minimum Gasteiger partial charge on any atom is -0.466 e. The molecular formula is C26H20ClNO5. The van der Waals surface area contributed by atoms with Gasteiger partial charge in [0.25, 0.3) is 0 Å². The average molecular weight is 462 g/mol. The number of esters is 2. The monoisotopic (exact) mass is 461 g/mol. The number of ether oxygens (including phenoxy) is 3. The van der Waals surface area contributed by atoms with Crippen LogP contribution in [0.15, 0.2) is 83.9 Å². The second kappa shape index (κ2) is 8.30. The van der Waals surface area contributed by atoms with Crippen molar-refractivity contribution < 1.29 is 23.8 Å². The van der Waals surface area contributed by atoms with Gasteiger partial charge >= 0.3 is 11.9 Å². The van der Waals surface area contributed by atoms with E-state index in [9.17, 15) is 9.59 Å². The second-order valence-corrected chi connectivity index (χ2v) is 8.12. The Morgan fingerprint density at radius 3 is 2.03 bits per heavy atom. The van der Waals surface area contributed by atoms with Crippen molar-refractivity contribution in [3.8, 4) is 11.5 Å². The normalized spacial score (nSPS) is 18.5. The number of benzene rings is 3. The first kappa shape index (κ1) is 21.1. The molecular weight excluding hydrogens is 442 g/mol. The molecule has 33 heavy (non-hydrogen) atoms. The minimum atomic E-state index is -0.635. The van der Waals surface area contributed by atoms with Crippen LogP contribution in [0, 0.1) is 0 Å². The Morgan fingerprint density at radius 2 is 1.36 bits per heavy atom. The van der Waals surface area contributed by atoms with Gasteiger partial charge in [0, 0.05) is 10.6 Å². The lowest BCUT2D eigenvalue weighted by molar-refractivity contribution is -0.139. The number of rotatable bonds is 3. The van der Waals surface area contributed by atoms with Gasteiger partial charge in [0.15, 0.2) is 5.75 Å². The number of methoxy groups -OCH3 is 2. The van der Waals surface area contributed by atoms with Crippen molar-refractivity contribution >= 4 is 29.2 Å². The molecule has 0 amide bonds. The molecule has 0 spiro atoms. The summed E-state index contributed by atoms with van der Waals surface area (Å²) in [6, 6.07) is 20.9. The summed E-state index contributed by atoms with van der Waals surface area (Å²) in [7, 11) is 2.61. The number of anilines is 1. The molecule has 0 saturated carbocycles. The maximum absolute atomic E-state index is 13.2. The predicted molar refractivity (Wildman–Crippen MR) is 123 cm³/mol. The van der Waals surface area contributed by atoms with E-state index in [-0.39, 0.29) is 11.1 Å². The van der Waals surface area contributed by atoms with Crippen molar-refractivity contribution in [3.63, 3.8) is 0 Å². The molecule has 3 aromatic carbocycles. The zero-order valence-corrected chi connectivity index (χ0v) is 18.7. The van der Waals surface area contributed by atoms with Gasteiger partial charge in [-0.1, -0.05) is 54.1 Å². The maximum Gasteiger partial charge on any atom is 0.336 e. The molecule has 5 rings (SSSR count). The van der Waals surface area contributed by atoms with Crippen molar-refractivity contribution in [1.82, 2.24) is 0 Å². The van der Waals surface area contributed by atoms with Gasteiger partial charge in [0.1, 0.15) is 5.75 Å². The van der Waals surface area contributed by atoms with E-state index in [1.165, 1.54) is 14.2 Å². The Hall–Kier alpha value is -3.77. The Labute approximate surface area is 195 Å². The van der Waals surface area contributed by atoms with Crippen LogP contribution in [0.4, 0.5) is 5.69 Å². The van der Waals surface area contributed by atoms with Crippen LogP contribution in [-0.2, 0) is 19.1 Å². The summed E-state index contributed by atoms with van der Waals surface area (Å²) < 4.78 is 16.6. The van der Waals surface area contributed by atoms with Crippen LogP contribution in [0.1, 0.15) is 23.2 Å². The number of hydrogen-bond donors (Lipinski definition) is 0. The molecule has 0 fully saturated rings. The quantitative estimate of drug-likeness (QED) is 0.487. The lowest BCUT2D eigenvalue weighted by atomic mass is 9.94. The summed E-state index contributed by atoms with van der Waals surface area (Å²) in [5, 5.41) is 0.565. The first-order valence-corrected chi connectivity index (χ1v) is 10.7. The van der Waals surface area contributed by atoms with Crippen molar-refractivity contribution in [2.24, 2.45) is 0 Å². The second-order valence-electron chi connectivity index (χ2n) is 7.68. The fourth-order valence-electron chi connectivity index (χ4n) is 4.62. The molecule has 0 aliphatic carbocycles. The van der Waals surface area contributed by atoms with Crippen LogP contribution in [0.2, 0.25) is 5.02 Å². The van der Waals surface area contributed by atoms with Gasteiger partial charge < -0.3 is 19.1 Å². The molecule has 0 N–H and O–H groups in total. The number of hydrogen-bond acceptors (Lipinski definition) is 6. The van der Waals surface area contributed by atoms with Gasteiger partial charge in [-0.25, -0.2) is 9.59 Å². The molecule has 0 aromatic heterocycles. The molecule has 0 unspecified atom stereocenters. The summed E-state index contributed by atoms with van der Waals surface area (Å²) in [6.45, 7) is 0.